The van der Waals surface area contributed by atoms with Gasteiger partial charge in [-0.15, -0.1) is 13.2 Å². The molecule has 130 heavy (non-hydrogen) atoms. The molecule has 4 unspecified atom stereocenters. The summed E-state index contributed by atoms with van der Waals surface area (Å²) < 4.78 is 79.7. The smallest absolute Gasteiger partial charge is 0.449 e. The SMILES string of the molecule is C=CCOP(=O)(OCCNC(=O)OC(C)(C)C)OCC(NC(=O)OCC1c2ccccc2-c2ccccc21)C(=O)NCCCO[Si](c1ccccc1)(c1ccccc1)C(C)(C)C.C=CCOP(OCCNC(=O)OC(C)(C)C)N(C(C)C)C(C)C.CC(C)(C)[Si](OCCCNC(=O)C(CO)NC(=O)OCC1c2ccccc2-c2ccccc21)(c1ccccc1)c1ccccc1. The molecule has 7 N–H and O–H groups in total. The molecule has 2 aliphatic rings. The van der Waals surface area contributed by atoms with E-state index in [1.165, 1.54) is 16.4 Å². The Morgan fingerprint density at radius 2 is 0.762 bits per heavy atom. The first kappa shape index (κ1) is 105. The van der Waals surface area contributed by atoms with E-state index in [1.54, 1.807) is 26.8 Å². The summed E-state index contributed by atoms with van der Waals surface area (Å²) in [5, 5.41) is 30.2. The number of hydrogen-bond donors (Lipinski definition) is 7. The van der Waals surface area contributed by atoms with Crippen LogP contribution in [0.2, 0.25) is 10.1 Å². The fraction of sp³-hybridized carbons (Fsp3) is 0.420. The summed E-state index contributed by atoms with van der Waals surface area (Å²) in [5.41, 5.74) is 7.43. The van der Waals surface area contributed by atoms with E-state index in [9.17, 15) is 38.4 Å². The first-order valence-electron chi connectivity index (χ1n) is 44.3. The van der Waals surface area contributed by atoms with Gasteiger partial charge in [-0.1, -0.05) is 272 Å². The number of alkyl carbamates (subject to hydrolysis) is 4. The van der Waals surface area contributed by atoms with Gasteiger partial charge in [-0.2, -0.15) is 0 Å². The molecule has 702 valence electrons. The van der Waals surface area contributed by atoms with Crippen LogP contribution in [0, 0.1) is 0 Å². The van der Waals surface area contributed by atoms with E-state index < -0.39 is 106 Å². The molecule has 0 spiro atoms. The van der Waals surface area contributed by atoms with Crippen molar-refractivity contribution in [1.82, 2.24) is 36.6 Å². The molecular formula is C100H135N7O19P2Si2. The highest BCUT2D eigenvalue weighted by Gasteiger charge is 2.52. The van der Waals surface area contributed by atoms with E-state index in [0.29, 0.717) is 64.4 Å². The number of nitrogens with one attached hydrogen (secondary N) is 6. The Balaban J connectivity index is 0.000000267. The van der Waals surface area contributed by atoms with Crippen molar-refractivity contribution < 1.29 is 88.9 Å². The van der Waals surface area contributed by atoms with Crippen LogP contribution in [0.5, 0.6) is 0 Å². The number of phosphoric acid groups is 1. The maximum Gasteiger partial charge on any atom is 0.475 e. The van der Waals surface area contributed by atoms with Gasteiger partial charge in [0, 0.05) is 63.3 Å². The maximum absolute atomic E-state index is 13.9. The van der Waals surface area contributed by atoms with Crippen molar-refractivity contribution in [2.45, 2.75) is 181 Å². The van der Waals surface area contributed by atoms with Crippen molar-refractivity contribution >= 4 is 89.9 Å². The molecule has 0 saturated heterocycles. The summed E-state index contributed by atoms with van der Waals surface area (Å²) in [6.45, 7) is 40.5. The summed E-state index contributed by atoms with van der Waals surface area (Å²) >= 11 is 0. The van der Waals surface area contributed by atoms with Crippen molar-refractivity contribution in [2.24, 2.45) is 0 Å². The average molecular weight is 1860 g/mol. The summed E-state index contributed by atoms with van der Waals surface area (Å²) in [6, 6.07) is 71.5. The standard InChI is InChI=1S/C47H60N3O10PSi.C37H42N2O5Si.C16H33N2O4P/c1-8-30-56-61(54,57-32-29-49-44(52)60-46(2,3)4)58-34-42(50-45(53)55-33-41-39-26-17-15-24-37(39)38-25-16-18-27-40(38)41)43(51)48-28-19-31-59-62(47(5,6)7,35-20-11-9-12-21-35)36-22-13-10-14-23-36;1-37(2,3)45(27-15-6-4-7-16-27,28-17-8-5-9-18-28)44-24-14-23-38-35(41)34(25-40)39-36(42)43-26-33-31-21-12-10-19-29(31)30-20-11-13-22-32(30)33;1-9-11-20-23(18(13(2)3)14(4)5)21-12-10-17-15(19)22-16(6,7)8/h8-18,20-27,41-42H,1,19,28-34H2,2-7H3,(H,48,51)(H,49,52)(H,50,53);4-13,15-22,33-34,40H,14,23-26H2,1-3H3,(H,38,41)(H,39,42);9,13-14H,1,10-12H2,2-8H3,(H,17,19). The van der Waals surface area contributed by atoms with Gasteiger partial charge in [-0.3, -0.25) is 23.2 Å². The normalized spacial score (nSPS) is 13.8. The van der Waals surface area contributed by atoms with E-state index in [2.05, 4.69) is 180 Å². The van der Waals surface area contributed by atoms with Gasteiger partial charge in [0.15, 0.2) is 0 Å². The Hall–Kier alpha value is -10.0. The third-order valence-corrected chi connectivity index (χ3v) is 34.7. The van der Waals surface area contributed by atoms with Crippen molar-refractivity contribution in [3.8, 4) is 22.3 Å². The van der Waals surface area contributed by atoms with Gasteiger partial charge in [-0.05, 0) is 157 Å². The Kier molecular flexibility index (Phi) is 41.0. The lowest BCUT2D eigenvalue weighted by atomic mass is 9.98. The zero-order valence-corrected chi connectivity index (χ0v) is 82.1. The molecule has 0 radical (unpaired) electrons. The molecule has 30 heteroatoms. The van der Waals surface area contributed by atoms with Crippen LogP contribution in [-0.4, -0.2) is 190 Å². The van der Waals surface area contributed by atoms with Crippen LogP contribution in [0.1, 0.15) is 158 Å². The summed E-state index contributed by atoms with van der Waals surface area (Å²) in [7, 11) is -11.0. The molecular weight excluding hydrogens is 1720 g/mol. The number of ether oxygens (including phenoxy) is 4. The second kappa shape index (κ2) is 50.6. The Morgan fingerprint density at radius 3 is 1.10 bits per heavy atom. The lowest BCUT2D eigenvalue weighted by molar-refractivity contribution is -0.124. The van der Waals surface area contributed by atoms with E-state index in [0.717, 1.165) is 54.9 Å². The van der Waals surface area contributed by atoms with Crippen LogP contribution in [0.25, 0.3) is 22.3 Å². The van der Waals surface area contributed by atoms with E-state index in [4.69, 9.17) is 50.4 Å². The van der Waals surface area contributed by atoms with Crippen LogP contribution in [0.15, 0.2) is 244 Å². The minimum Gasteiger partial charge on any atom is -0.449 e. The lowest BCUT2D eigenvalue weighted by Crippen LogP contribution is -2.66. The Morgan fingerprint density at radius 1 is 0.423 bits per heavy atom. The van der Waals surface area contributed by atoms with Crippen molar-refractivity contribution in [1.29, 1.82) is 0 Å². The number of benzene rings is 8. The van der Waals surface area contributed by atoms with Crippen molar-refractivity contribution in [3.63, 3.8) is 0 Å². The second-order valence-electron chi connectivity index (χ2n) is 35.8. The number of phosphoric ester groups is 1. The molecule has 0 fully saturated rings. The number of aliphatic hydroxyl groups is 1. The fourth-order valence-electron chi connectivity index (χ4n) is 15.6. The zero-order valence-electron chi connectivity index (χ0n) is 78.3. The predicted octanol–water partition coefficient (Wildman–Crippen LogP) is 16.9. The average Bonchev–Trinajstić information content (AvgIpc) is 1.44. The molecule has 0 heterocycles. The highest BCUT2D eigenvalue weighted by atomic mass is 31.2. The number of carbonyl (C=O) groups excluding carboxylic acids is 6. The molecule has 0 saturated carbocycles. The van der Waals surface area contributed by atoms with Crippen molar-refractivity contribution in [2.75, 3.05) is 92.2 Å². The van der Waals surface area contributed by atoms with Gasteiger partial charge in [0.1, 0.15) is 36.5 Å². The number of amides is 6. The minimum atomic E-state index is -4.36. The molecule has 8 aromatic carbocycles. The lowest BCUT2D eigenvalue weighted by Gasteiger charge is -2.43. The Bertz CT molecular complexity index is 4780. The van der Waals surface area contributed by atoms with Gasteiger partial charge in [0.25, 0.3) is 25.2 Å². The number of hydrogen-bond acceptors (Lipinski definition) is 20. The van der Waals surface area contributed by atoms with Crippen molar-refractivity contribution in [3.05, 3.63) is 266 Å². The summed E-state index contributed by atoms with van der Waals surface area (Å²) in [5.74, 6) is -1.41. The molecule has 0 aromatic heterocycles. The predicted molar refractivity (Wildman–Crippen MR) is 519 cm³/mol. The second-order valence-corrected chi connectivity index (χ2v) is 47.5. The molecule has 8 aromatic rings. The van der Waals surface area contributed by atoms with Gasteiger partial charge >= 0.3 is 32.2 Å². The van der Waals surface area contributed by atoms with Gasteiger partial charge in [0.05, 0.1) is 39.6 Å². The molecule has 26 nitrogen and oxygen atoms in total. The number of aliphatic hydroxyl groups excluding tert-OH is 1. The quantitative estimate of drug-likeness (QED) is 0.00614. The highest BCUT2D eigenvalue weighted by Crippen LogP contribution is 2.51. The third-order valence-electron chi connectivity index (χ3n) is 21.1. The van der Waals surface area contributed by atoms with Gasteiger partial charge in [0.2, 0.25) is 11.8 Å². The summed E-state index contributed by atoms with van der Waals surface area (Å²) in [6.07, 6.45) is 1.31. The minimum absolute atomic E-state index is 0.00331. The number of nitrogens with zero attached hydrogens (tertiary/aromatic N) is 1. The monoisotopic (exact) mass is 1860 g/mol. The Labute approximate surface area is 772 Å². The van der Waals surface area contributed by atoms with Crippen LogP contribution in [0.4, 0.5) is 19.2 Å². The molecule has 0 bridgehead atoms. The molecule has 6 amide bonds. The largest absolute Gasteiger partial charge is 0.475 e. The molecule has 2 aliphatic carbocycles. The molecule has 10 rings (SSSR count). The summed E-state index contributed by atoms with van der Waals surface area (Å²) in [4.78, 5) is 76.6. The first-order valence-corrected chi connectivity index (χ1v) is 50.7. The van der Waals surface area contributed by atoms with Crippen LogP contribution in [-0.2, 0) is 64.6 Å². The third kappa shape index (κ3) is 30.5. The number of fused-ring (bicyclic) bond motifs is 6. The zero-order chi connectivity index (χ0) is 94.7. The van der Waals surface area contributed by atoms with Crippen LogP contribution in [0.3, 0.4) is 0 Å². The topological polar surface area (TPSA) is 317 Å². The van der Waals surface area contributed by atoms with Gasteiger partial charge in [-0.25, -0.2) is 28.4 Å². The highest BCUT2D eigenvalue weighted by molar-refractivity contribution is 7.48. The van der Waals surface area contributed by atoms with Crippen LogP contribution >= 0.6 is 16.3 Å². The van der Waals surface area contributed by atoms with E-state index in [-0.39, 0.29) is 61.4 Å². The molecule has 4 atom stereocenters. The van der Waals surface area contributed by atoms with Crippen LogP contribution < -0.4 is 52.6 Å². The fourth-order valence-corrected chi connectivity index (χ4v) is 27.6. The van der Waals surface area contributed by atoms with Gasteiger partial charge < -0.3 is 73.9 Å². The number of carbonyl (C=O) groups is 6. The maximum atomic E-state index is 13.9. The van der Waals surface area contributed by atoms with E-state index in [1.807, 2.05) is 178 Å². The molecule has 0 aliphatic heterocycles. The number of rotatable bonds is 43. The first-order chi connectivity index (χ1) is 61.9. The van der Waals surface area contributed by atoms with E-state index >= 15 is 0 Å².